The third-order valence-corrected chi connectivity index (χ3v) is 3.44. The minimum absolute atomic E-state index is 0.100. The average Bonchev–Trinajstić information content (AvgIpc) is 2.28. The fraction of sp³-hybridized carbons (Fsp3) is 0.300. The van der Waals surface area contributed by atoms with E-state index in [-0.39, 0.29) is 4.90 Å². The maximum atomic E-state index is 11.9. The van der Waals surface area contributed by atoms with Crippen molar-refractivity contribution < 1.29 is 13.2 Å². The van der Waals surface area contributed by atoms with E-state index in [0.29, 0.717) is 12.2 Å². The van der Waals surface area contributed by atoms with Crippen molar-refractivity contribution in [1.82, 2.24) is 4.72 Å². The molecule has 0 aliphatic heterocycles. The molecular weight excluding hydrogens is 242 g/mol. The Morgan fingerprint density at radius 1 is 1.35 bits per heavy atom. The Labute approximate surface area is 100 Å². The molecule has 0 spiro atoms. The normalized spacial score (nSPS) is 11.1. The van der Waals surface area contributed by atoms with Gasteiger partial charge in [0.15, 0.2) is 0 Å². The van der Waals surface area contributed by atoms with Crippen LogP contribution < -0.4 is 15.8 Å². The van der Waals surface area contributed by atoms with Gasteiger partial charge in [-0.2, -0.15) is 0 Å². The number of nitrogens with one attached hydrogen (secondary N) is 2. The number of carbonyl (C=O) groups excluding carboxylic acids is 1. The van der Waals surface area contributed by atoms with Gasteiger partial charge in [0.25, 0.3) is 0 Å². The number of benzene rings is 1. The van der Waals surface area contributed by atoms with E-state index < -0.39 is 22.5 Å². The fourth-order valence-electron chi connectivity index (χ4n) is 1.28. The minimum atomic E-state index is -3.72. The molecule has 4 N–H and O–H groups in total. The van der Waals surface area contributed by atoms with Crippen LogP contribution in [-0.4, -0.2) is 27.4 Å². The Kier molecular flexibility index (Phi) is 4.47. The first-order valence-electron chi connectivity index (χ1n) is 5.08. The van der Waals surface area contributed by atoms with Crippen LogP contribution in [0.25, 0.3) is 0 Å². The molecule has 6 nitrogen and oxygen atoms in total. The third kappa shape index (κ3) is 3.72. The Hall–Kier alpha value is -1.60. The van der Waals surface area contributed by atoms with Gasteiger partial charge in [0.05, 0.1) is 12.2 Å². The second kappa shape index (κ2) is 5.65. The van der Waals surface area contributed by atoms with Crippen LogP contribution in [0.1, 0.15) is 6.92 Å². The topological polar surface area (TPSA) is 101 Å². The zero-order chi connectivity index (χ0) is 12.9. The molecule has 94 valence electrons. The molecule has 1 rings (SSSR count). The molecule has 1 aromatic carbocycles. The van der Waals surface area contributed by atoms with Crippen molar-refractivity contribution in [2.24, 2.45) is 5.73 Å². The van der Waals surface area contributed by atoms with Gasteiger partial charge in [-0.15, -0.1) is 0 Å². The van der Waals surface area contributed by atoms with Crippen LogP contribution >= 0.6 is 0 Å². The van der Waals surface area contributed by atoms with Crippen molar-refractivity contribution in [2.75, 3.05) is 18.4 Å². The second-order valence-electron chi connectivity index (χ2n) is 3.32. The smallest absolute Gasteiger partial charge is 0.243 e. The van der Waals surface area contributed by atoms with Crippen molar-refractivity contribution >= 4 is 21.6 Å². The van der Waals surface area contributed by atoms with Crippen LogP contribution in [0.4, 0.5) is 5.69 Å². The summed E-state index contributed by atoms with van der Waals surface area (Å²) in [4.78, 5) is 10.7. The van der Waals surface area contributed by atoms with Gasteiger partial charge in [0.2, 0.25) is 15.9 Å². The molecular formula is C10H15N3O3S. The van der Waals surface area contributed by atoms with Crippen LogP contribution in [0.5, 0.6) is 0 Å². The lowest BCUT2D eigenvalue weighted by Crippen LogP contribution is -2.33. The molecule has 0 aliphatic carbocycles. The number of hydrogen-bond donors (Lipinski definition) is 3. The minimum Gasteiger partial charge on any atom is -0.384 e. The summed E-state index contributed by atoms with van der Waals surface area (Å²) in [5.41, 5.74) is 5.39. The van der Waals surface area contributed by atoms with E-state index in [0.717, 1.165) is 0 Å². The molecule has 0 radical (unpaired) electrons. The van der Waals surface area contributed by atoms with Gasteiger partial charge in [0.1, 0.15) is 4.90 Å². The molecule has 1 aromatic rings. The molecule has 17 heavy (non-hydrogen) atoms. The summed E-state index contributed by atoms with van der Waals surface area (Å²) >= 11 is 0. The number of para-hydroxylation sites is 1. The zero-order valence-electron chi connectivity index (χ0n) is 9.43. The standard InChI is InChI=1S/C10H15N3O3S/c1-2-12-8-5-3-4-6-9(8)17(15,16)13-7-10(11)14/h3-6,12-13H,2,7H2,1H3,(H2,11,14). The number of amides is 1. The van der Waals surface area contributed by atoms with Crippen molar-refractivity contribution in [3.63, 3.8) is 0 Å². The van der Waals surface area contributed by atoms with Crippen molar-refractivity contribution in [2.45, 2.75) is 11.8 Å². The van der Waals surface area contributed by atoms with E-state index in [4.69, 9.17) is 5.73 Å². The average molecular weight is 257 g/mol. The summed E-state index contributed by atoms with van der Waals surface area (Å²) in [6.45, 7) is 2.05. The summed E-state index contributed by atoms with van der Waals surface area (Å²) in [5, 5.41) is 2.93. The molecule has 7 heteroatoms. The van der Waals surface area contributed by atoms with E-state index in [9.17, 15) is 13.2 Å². The van der Waals surface area contributed by atoms with Crippen molar-refractivity contribution in [3.8, 4) is 0 Å². The fourth-order valence-corrected chi connectivity index (χ4v) is 2.46. The SMILES string of the molecule is CCNc1ccccc1S(=O)(=O)NCC(N)=O. The highest BCUT2D eigenvalue weighted by Gasteiger charge is 2.17. The van der Waals surface area contributed by atoms with Gasteiger partial charge in [-0.3, -0.25) is 4.79 Å². The van der Waals surface area contributed by atoms with Gasteiger partial charge in [-0.25, -0.2) is 13.1 Å². The highest BCUT2D eigenvalue weighted by atomic mass is 32.2. The number of hydrogen-bond acceptors (Lipinski definition) is 4. The molecule has 0 aromatic heterocycles. The van der Waals surface area contributed by atoms with E-state index in [1.165, 1.54) is 6.07 Å². The van der Waals surface area contributed by atoms with Crippen LogP contribution in [0.2, 0.25) is 0 Å². The summed E-state index contributed by atoms with van der Waals surface area (Å²) in [6.07, 6.45) is 0. The number of carbonyl (C=O) groups is 1. The van der Waals surface area contributed by atoms with Crippen molar-refractivity contribution in [1.29, 1.82) is 0 Å². The summed E-state index contributed by atoms with van der Waals surface area (Å²) in [6, 6.07) is 6.45. The monoisotopic (exact) mass is 257 g/mol. The summed E-state index contributed by atoms with van der Waals surface area (Å²) in [5.74, 6) is -0.727. The Bertz CT molecular complexity index is 499. The van der Waals surface area contributed by atoms with Gasteiger partial charge in [-0.05, 0) is 19.1 Å². The quantitative estimate of drug-likeness (QED) is 0.661. The molecule has 0 atom stereocenters. The van der Waals surface area contributed by atoms with Gasteiger partial charge < -0.3 is 11.1 Å². The van der Waals surface area contributed by atoms with Crippen LogP contribution in [0.15, 0.2) is 29.2 Å². The molecule has 0 aliphatic rings. The maximum Gasteiger partial charge on any atom is 0.243 e. The maximum absolute atomic E-state index is 11.9. The lowest BCUT2D eigenvalue weighted by molar-refractivity contribution is -0.116. The largest absolute Gasteiger partial charge is 0.384 e. The summed E-state index contributed by atoms with van der Waals surface area (Å²) in [7, 11) is -3.72. The first kappa shape index (κ1) is 13.5. The van der Waals surface area contributed by atoms with Gasteiger partial charge >= 0.3 is 0 Å². The zero-order valence-corrected chi connectivity index (χ0v) is 10.3. The van der Waals surface area contributed by atoms with E-state index >= 15 is 0 Å². The Balaban J connectivity index is 3.01. The molecule has 0 unspecified atom stereocenters. The highest BCUT2D eigenvalue weighted by molar-refractivity contribution is 7.89. The highest BCUT2D eigenvalue weighted by Crippen LogP contribution is 2.19. The van der Waals surface area contributed by atoms with E-state index in [1.54, 1.807) is 18.2 Å². The van der Waals surface area contributed by atoms with Crippen LogP contribution in [0, 0.1) is 0 Å². The third-order valence-electron chi connectivity index (χ3n) is 1.98. The molecule has 0 bridgehead atoms. The molecule has 0 fully saturated rings. The first-order valence-corrected chi connectivity index (χ1v) is 6.56. The molecule has 0 saturated heterocycles. The van der Waals surface area contributed by atoms with E-state index in [2.05, 4.69) is 10.0 Å². The molecule has 1 amide bonds. The van der Waals surface area contributed by atoms with Crippen molar-refractivity contribution in [3.05, 3.63) is 24.3 Å². The first-order chi connectivity index (χ1) is 7.97. The Morgan fingerprint density at radius 3 is 2.59 bits per heavy atom. The number of rotatable bonds is 6. The van der Waals surface area contributed by atoms with Crippen LogP contribution in [-0.2, 0) is 14.8 Å². The lowest BCUT2D eigenvalue weighted by Gasteiger charge is -2.11. The van der Waals surface area contributed by atoms with Gasteiger partial charge in [0, 0.05) is 6.54 Å². The van der Waals surface area contributed by atoms with Crippen LogP contribution in [0.3, 0.4) is 0 Å². The summed E-state index contributed by atoms with van der Waals surface area (Å²) < 4.78 is 25.9. The molecule has 0 saturated carbocycles. The number of anilines is 1. The molecule has 0 heterocycles. The Morgan fingerprint density at radius 2 is 2.00 bits per heavy atom. The predicted molar refractivity (Wildman–Crippen MR) is 65.0 cm³/mol. The predicted octanol–water partition coefficient (Wildman–Crippen LogP) is -0.118. The number of nitrogens with two attached hydrogens (primary N) is 1. The number of primary amides is 1. The number of sulfonamides is 1. The lowest BCUT2D eigenvalue weighted by atomic mass is 10.3. The van der Waals surface area contributed by atoms with E-state index in [1.807, 2.05) is 6.92 Å². The van der Waals surface area contributed by atoms with Gasteiger partial charge in [-0.1, -0.05) is 12.1 Å². The second-order valence-corrected chi connectivity index (χ2v) is 5.05.